The molecule has 0 atom stereocenters. The molecule has 0 aliphatic heterocycles. The lowest BCUT2D eigenvalue weighted by Crippen LogP contribution is -1.96. The summed E-state index contributed by atoms with van der Waals surface area (Å²) in [6, 6.07) is 61.2. The zero-order valence-corrected chi connectivity index (χ0v) is 29.7. The minimum Gasteiger partial charge on any atom is -0.456 e. The number of rotatable bonds is 5. The number of hydrogen-bond acceptors (Lipinski definition) is 5. The van der Waals surface area contributed by atoms with Crippen molar-refractivity contribution in [1.82, 2.24) is 15.0 Å². The number of furan rings is 1. The Balaban J connectivity index is 1.04. The van der Waals surface area contributed by atoms with Crippen molar-refractivity contribution in [2.75, 3.05) is 0 Å². The van der Waals surface area contributed by atoms with Gasteiger partial charge in [0.2, 0.25) is 0 Å². The summed E-state index contributed by atoms with van der Waals surface area (Å²) in [5, 5.41) is 5.75. The maximum absolute atomic E-state index is 6.25. The number of hydrogen-bond donors (Lipinski definition) is 0. The molecule has 0 amide bonds. The Bertz CT molecular complexity index is 3200. The van der Waals surface area contributed by atoms with Gasteiger partial charge in [-0.15, -0.1) is 11.3 Å². The lowest BCUT2D eigenvalue weighted by Gasteiger charge is -2.11. The monoisotopic (exact) mass is 707 g/mol. The van der Waals surface area contributed by atoms with Crippen molar-refractivity contribution in [2.24, 2.45) is 0 Å². The summed E-state index contributed by atoms with van der Waals surface area (Å²) < 4.78 is 8.77. The molecule has 0 saturated carbocycles. The van der Waals surface area contributed by atoms with E-state index in [0.717, 1.165) is 77.9 Å². The van der Waals surface area contributed by atoms with E-state index in [0.29, 0.717) is 5.82 Å². The summed E-state index contributed by atoms with van der Waals surface area (Å²) in [7, 11) is 0. The van der Waals surface area contributed by atoms with Gasteiger partial charge >= 0.3 is 0 Å². The van der Waals surface area contributed by atoms with Gasteiger partial charge in [0.15, 0.2) is 5.82 Å². The first kappa shape index (κ1) is 30.7. The van der Waals surface area contributed by atoms with Crippen LogP contribution in [0.15, 0.2) is 180 Å². The van der Waals surface area contributed by atoms with Gasteiger partial charge in [0.25, 0.3) is 0 Å². The van der Waals surface area contributed by atoms with E-state index < -0.39 is 0 Å². The molecule has 252 valence electrons. The third-order valence-corrected chi connectivity index (χ3v) is 11.5. The van der Waals surface area contributed by atoms with Crippen LogP contribution in [0.2, 0.25) is 0 Å². The van der Waals surface area contributed by atoms with Crippen LogP contribution in [0.5, 0.6) is 0 Å². The number of nitrogens with zero attached hydrogens (tertiary/aromatic N) is 3. The summed E-state index contributed by atoms with van der Waals surface area (Å²) >= 11 is 1.84. The van der Waals surface area contributed by atoms with Crippen LogP contribution >= 0.6 is 11.3 Å². The second-order valence-electron chi connectivity index (χ2n) is 13.5. The predicted octanol–water partition coefficient (Wildman–Crippen LogP) is 13.6. The Labute approximate surface area is 314 Å². The van der Waals surface area contributed by atoms with Gasteiger partial charge in [0.05, 0.1) is 22.6 Å². The van der Waals surface area contributed by atoms with E-state index in [4.69, 9.17) is 19.4 Å². The fourth-order valence-electron chi connectivity index (χ4n) is 7.72. The molecular weight excluding hydrogens is 679 g/mol. The van der Waals surface area contributed by atoms with Crippen molar-refractivity contribution in [2.45, 2.75) is 0 Å². The van der Waals surface area contributed by atoms with Gasteiger partial charge in [-0.3, -0.25) is 0 Å². The molecule has 4 aromatic heterocycles. The lowest BCUT2D eigenvalue weighted by atomic mass is 9.98. The maximum Gasteiger partial charge on any atom is 0.160 e. The van der Waals surface area contributed by atoms with E-state index in [-0.39, 0.29) is 0 Å². The van der Waals surface area contributed by atoms with Crippen molar-refractivity contribution < 1.29 is 4.42 Å². The highest BCUT2D eigenvalue weighted by atomic mass is 32.1. The highest BCUT2D eigenvalue weighted by molar-refractivity contribution is 7.26. The molecule has 0 bridgehead atoms. The van der Waals surface area contributed by atoms with Gasteiger partial charge in [0.1, 0.15) is 11.2 Å². The van der Waals surface area contributed by atoms with Crippen LogP contribution < -0.4 is 0 Å². The number of aromatic nitrogens is 3. The number of benzene rings is 7. The molecule has 11 aromatic rings. The maximum atomic E-state index is 6.25. The minimum atomic E-state index is 0.674. The molecule has 0 saturated heterocycles. The molecule has 0 unspecified atom stereocenters. The number of thiophene rings is 1. The highest BCUT2D eigenvalue weighted by Gasteiger charge is 2.19. The average molecular weight is 708 g/mol. The van der Waals surface area contributed by atoms with E-state index in [2.05, 4.69) is 133 Å². The zero-order chi connectivity index (χ0) is 35.6. The second-order valence-corrected chi connectivity index (χ2v) is 14.6. The van der Waals surface area contributed by atoms with Gasteiger partial charge < -0.3 is 4.42 Å². The van der Waals surface area contributed by atoms with Crippen molar-refractivity contribution in [3.8, 4) is 56.3 Å². The first-order valence-electron chi connectivity index (χ1n) is 18.0. The number of pyridine rings is 1. The predicted molar refractivity (Wildman–Crippen MR) is 225 cm³/mol. The molecule has 0 spiro atoms. The first-order chi connectivity index (χ1) is 26.7. The molecule has 0 fully saturated rings. The van der Waals surface area contributed by atoms with E-state index >= 15 is 0 Å². The molecule has 11 rings (SSSR count). The van der Waals surface area contributed by atoms with E-state index in [1.54, 1.807) is 0 Å². The number of para-hydroxylation sites is 2. The van der Waals surface area contributed by atoms with Gasteiger partial charge in [-0.05, 0) is 47.5 Å². The Hall–Kier alpha value is -6.95. The largest absolute Gasteiger partial charge is 0.456 e. The fraction of sp³-hybridized carbons (Fsp3) is 0. The normalized spacial score (nSPS) is 11.7. The summed E-state index contributed by atoms with van der Waals surface area (Å²) in [5.41, 5.74) is 11.9. The molecule has 4 heterocycles. The smallest absolute Gasteiger partial charge is 0.160 e. The minimum absolute atomic E-state index is 0.674. The van der Waals surface area contributed by atoms with E-state index in [1.807, 2.05) is 53.8 Å². The Morgan fingerprint density at radius 2 is 1.07 bits per heavy atom. The molecule has 0 N–H and O–H groups in total. The van der Waals surface area contributed by atoms with E-state index in [9.17, 15) is 0 Å². The van der Waals surface area contributed by atoms with Crippen LogP contribution in [-0.4, -0.2) is 15.0 Å². The quantitative estimate of drug-likeness (QED) is 0.179. The van der Waals surface area contributed by atoms with Gasteiger partial charge in [0, 0.05) is 58.6 Å². The highest BCUT2D eigenvalue weighted by Crippen LogP contribution is 2.44. The van der Waals surface area contributed by atoms with Gasteiger partial charge in [-0.2, -0.15) is 0 Å². The van der Waals surface area contributed by atoms with Crippen molar-refractivity contribution in [3.05, 3.63) is 176 Å². The molecular formula is C49H29N3OS. The van der Waals surface area contributed by atoms with Crippen LogP contribution in [0, 0.1) is 0 Å². The topological polar surface area (TPSA) is 51.8 Å². The molecule has 7 aromatic carbocycles. The Morgan fingerprint density at radius 1 is 0.407 bits per heavy atom. The summed E-state index contributed by atoms with van der Waals surface area (Å²) in [4.78, 5) is 15.6. The van der Waals surface area contributed by atoms with E-state index in [1.165, 1.54) is 25.6 Å². The molecule has 5 heteroatoms. The molecule has 0 aliphatic carbocycles. The van der Waals surface area contributed by atoms with Crippen molar-refractivity contribution in [3.63, 3.8) is 0 Å². The van der Waals surface area contributed by atoms with Gasteiger partial charge in [-0.1, -0.05) is 140 Å². The van der Waals surface area contributed by atoms with Crippen molar-refractivity contribution in [1.29, 1.82) is 0 Å². The SMILES string of the molecule is c1ccc(-c2cc(-c3cccc4oc5ccccc5c34)nc(-c3ccc(-c4ccc5sc6c7ccccc7nc(-c7ccccc7)c6c5c4)cc3)n2)cc1. The Kier molecular flexibility index (Phi) is 7.00. The second kappa shape index (κ2) is 12.3. The van der Waals surface area contributed by atoms with Gasteiger partial charge in [-0.25, -0.2) is 15.0 Å². The zero-order valence-electron chi connectivity index (χ0n) is 28.9. The average Bonchev–Trinajstić information content (AvgIpc) is 3.83. The van der Waals surface area contributed by atoms with Crippen LogP contribution in [0.4, 0.5) is 0 Å². The molecule has 0 aliphatic rings. The summed E-state index contributed by atoms with van der Waals surface area (Å²) in [6.07, 6.45) is 0. The van der Waals surface area contributed by atoms with Crippen molar-refractivity contribution >= 4 is 64.4 Å². The first-order valence-corrected chi connectivity index (χ1v) is 18.8. The van der Waals surface area contributed by atoms with Crippen LogP contribution in [0.25, 0.3) is 109 Å². The molecule has 54 heavy (non-hydrogen) atoms. The van der Waals surface area contributed by atoms with Crippen LogP contribution in [0.1, 0.15) is 0 Å². The van der Waals surface area contributed by atoms with Crippen LogP contribution in [-0.2, 0) is 0 Å². The summed E-state index contributed by atoms with van der Waals surface area (Å²) in [5.74, 6) is 0.674. The third-order valence-electron chi connectivity index (χ3n) is 10.3. The Morgan fingerprint density at radius 3 is 1.91 bits per heavy atom. The summed E-state index contributed by atoms with van der Waals surface area (Å²) in [6.45, 7) is 0. The molecule has 0 radical (unpaired) electrons. The fourth-order valence-corrected chi connectivity index (χ4v) is 8.94. The number of fused-ring (bicyclic) bond motifs is 8. The van der Waals surface area contributed by atoms with Crippen LogP contribution in [0.3, 0.4) is 0 Å². The molecule has 4 nitrogen and oxygen atoms in total. The standard InChI is InChI=1S/C49H29N3OS/c1-3-12-31(13-4-1)40-29-41(35-18-11-21-43-45(35)37-17-8-10-20-42(37)53-43)52-49(51-40)33-24-22-30(23-25-33)34-26-27-44-38(28-34)46-47(32-14-5-2-6-15-32)50-39-19-9-7-16-36(39)48(46)54-44/h1-29H. The third kappa shape index (κ3) is 5.01. The lowest BCUT2D eigenvalue weighted by molar-refractivity contribution is 0.669.